The molecule has 0 fully saturated rings. The van der Waals surface area contributed by atoms with Gasteiger partial charge in [0.2, 0.25) is 0 Å². The van der Waals surface area contributed by atoms with Crippen molar-refractivity contribution in [1.82, 2.24) is 0 Å². The molecule has 1 heteroatoms. The van der Waals surface area contributed by atoms with Crippen molar-refractivity contribution in [2.45, 2.75) is 6.42 Å². The van der Waals surface area contributed by atoms with Crippen LogP contribution in [-0.2, 0) is 0 Å². The molecular formula is C18H17N. The molecule has 2 aromatic rings. The molecule has 0 saturated carbocycles. The Morgan fingerprint density at radius 2 is 1.58 bits per heavy atom. The van der Waals surface area contributed by atoms with E-state index >= 15 is 0 Å². The fraction of sp³-hybridized carbons (Fsp3) is 0.167. The topological polar surface area (TPSA) is 12.4 Å². The van der Waals surface area contributed by atoms with Crippen LogP contribution in [0.3, 0.4) is 0 Å². The highest BCUT2D eigenvalue weighted by atomic mass is 14.8. The molecular weight excluding hydrogens is 230 g/mol. The number of nitrogens with zero attached hydrogens (tertiary/aromatic N) is 1. The Bertz CT molecular complexity index is 582. The second kappa shape index (κ2) is 5.66. The van der Waals surface area contributed by atoms with E-state index in [4.69, 9.17) is 0 Å². The van der Waals surface area contributed by atoms with Crippen LogP contribution in [-0.4, -0.2) is 12.3 Å². The summed E-state index contributed by atoms with van der Waals surface area (Å²) in [7, 11) is 0. The van der Waals surface area contributed by atoms with Gasteiger partial charge in [0.05, 0.1) is 0 Å². The molecule has 0 unspecified atom stereocenters. The van der Waals surface area contributed by atoms with Crippen LogP contribution in [0.4, 0.5) is 0 Å². The summed E-state index contributed by atoms with van der Waals surface area (Å²) >= 11 is 0. The van der Waals surface area contributed by atoms with Gasteiger partial charge in [-0.2, -0.15) is 0 Å². The zero-order chi connectivity index (χ0) is 12.9. The van der Waals surface area contributed by atoms with E-state index in [1.165, 1.54) is 16.8 Å². The van der Waals surface area contributed by atoms with Crippen LogP contribution in [0.1, 0.15) is 17.5 Å². The molecule has 3 rings (SSSR count). The SMILES string of the molecule is C(=C\[C@@H]1CN=C(c2ccccc2)C1)/c1ccccc1. The van der Waals surface area contributed by atoms with Crippen molar-refractivity contribution in [2.75, 3.05) is 6.54 Å². The quantitative estimate of drug-likeness (QED) is 0.770. The molecule has 1 atom stereocenters. The molecule has 0 radical (unpaired) electrons. The lowest BCUT2D eigenvalue weighted by molar-refractivity contribution is 0.747. The largest absolute Gasteiger partial charge is 0.288 e. The van der Waals surface area contributed by atoms with Crippen molar-refractivity contribution in [2.24, 2.45) is 10.9 Å². The third-order valence-corrected chi connectivity index (χ3v) is 3.44. The van der Waals surface area contributed by atoms with Gasteiger partial charge < -0.3 is 0 Å². The maximum Gasteiger partial charge on any atom is 0.0459 e. The summed E-state index contributed by atoms with van der Waals surface area (Å²) < 4.78 is 0. The Morgan fingerprint density at radius 3 is 2.32 bits per heavy atom. The normalized spacial score (nSPS) is 18.7. The molecule has 1 aliphatic rings. The number of hydrogen-bond donors (Lipinski definition) is 0. The van der Waals surface area contributed by atoms with Crippen LogP contribution < -0.4 is 0 Å². The monoisotopic (exact) mass is 247 g/mol. The van der Waals surface area contributed by atoms with E-state index in [9.17, 15) is 0 Å². The first-order valence-electron chi connectivity index (χ1n) is 6.74. The molecule has 1 aliphatic heterocycles. The average molecular weight is 247 g/mol. The lowest BCUT2D eigenvalue weighted by Crippen LogP contribution is -2.00. The van der Waals surface area contributed by atoms with Crippen molar-refractivity contribution < 1.29 is 0 Å². The number of aliphatic imine (C=N–C) groups is 1. The molecule has 94 valence electrons. The molecule has 1 heterocycles. The fourth-order valence-electron chi connectivity index (χ4n) is 2.38. The van der Waals surface area contributed by atoms with E-state index in [2.05, 4.69) is 65.7 Å². The van der Waals surface area contributed by atoms with Gasteiger partial charge in [-0.05, 0) is 17.5 Å². The van der Waals surface area contributed by atoms with Gasteiger partial charge in [0.15, 0.2) is 0 Å². The molecule has 19 heavy (non-hydrogen) atoms. The second-order valence-electron chi connectivity index (χ2n) is 4.89. The molecule has 0 amide bonds. The summed E-state index contributed by atoms with van der Waals surface area (Å²) in [6, 6.07) is 20.9. The van der Waals surface area contributed by atoms with Gasteiger partial charge in [0, 0.05) is 18.2 Å². The fourth-order valence-corrected chi connectivity index (χ4v) is 2.38. The van der Waals surface area contributed by atoms with Gasteiger partial charge in [-0.15, -0.1) is 0 Å². The van der Waals surface area contributed by atoms with Crippen molar-refractivity contribution in [1.29, 1.82) is 0 Å². The minimum absolute atomic E-state index is 0.537. The third kappa shape index (κ3) is 3.00. The van der Waals surface area contributed by atoms with Crippen molar-refractivity contribution in [3.63, 3.8) is 0 Å². The van der Waals surface area contributed by atoms with E-state index in [0.29, 0.717) is 5.92 Å². The van der Waals surface area contributed by atoms with Gasteiger partial charge in [0.25, 0.3) is 0 Å². The summed E-state index contributed by atoms with van der Waals surface area (Å²) in [6.45, 7) is 0.910. The lowest BCUT2D eigenvalue weighted by atomic mass is 10.00. The maximum atomic E-state index is 4.67. The summed E-state index contributed by atoms with van der Waals surface area (Å²) in [4.78, 5) is 4.67. The highest BCUT2D eigenvalue weighted by molar-refractivity contribution is 6.01. The number of benzene rings is 2. The van der Waals surface area contributed by atoms with Crippen molar-refractivity contribution in [3.05, 3.63) is 77.9 Å². The molecule has 0 aliphatic carbocycles. The molecule has 1 nitrogen and oxygen atoms in total. The van der Waals surface area contributed by atoms with Gasteiger partial charge in [-0.1, -0.05) is 72.8 Å². The molecule has 2 aromatic carbocycles. The van der Waals surface area contributed by atoms with Gasteiger partial charge >= 0.3 is 0 Å². The molecule has 0 saturated heterocycles. The standard InChI is InChI=1S/C18H17N/c1-3-7-15(8-4-1)11-12-16-13-18(19-14-16)17-9-5-2-6-10-17/h1-12,16H,13-14H2/b12-11+/t16-/m0/s1. The van der Waals surface area contributed by atoms with Gasteiger partial charge in [-0.25, -0.2) is 0 Å². The number of rotatable bonds is 3. The van der Waals surface area contributed by atoms with Crippen LogP contribution in [0.15, 0.2) is 71.7 Å². The molecule has 0 bridgehead atoms. The van der Waals surface area contributed by atoms with Crippen molar-refractivity contribution >= 4 is 11.8 Å². The van der Waals surface area contributed by atoms with Crippen LogP contribution >= 0.6 is 0 Å². The van der Waals surface area contributed by atoms with Crippen LogP contribution in [0.5, 0.6) is 0 Å². The Kier molecular flexibility index (Phi) is 3.55. The Balaban J connectivity index is 1.64. The number of hydrogen-bond acceptors (Lipinski definition) is 1. The molecule has 0 spiro atoms. The highest BCUT2D eigenvalue weighted by Crippen LogP contribution is 2.20. The zero-order valence-corrected chi connectivity index (χ0v) is 10.9. The van der Waals surface area contributed by atoms with E-state index in [1.54, 1.807) is 0 Å². The third-order valence-electron chi connectivity index (χ3n) is 3.44. The molecule has 0 N–H and O–H groups in total. The van der Waals surface area contributed by atoms with Crippen molar-refractivity contribution in [3.8, 4) is 0 Å². The summed E-state index contributed by atoms with van der Waals surface area (Å²) in [5.74, 6) is 0.537. The van der Waals surface area contributed by atoms with Crippen LogP contribution in [0.2, 0.25) is 0 Å². The first-order chi connectivity index (χ1) is 9.42. The van der Waals surface area contributed by atoms with E-state index in [0.717, 1.165) is 13.0 Å². The first kappa shape index (κ1) is 11.9. The summed E-state index contributed by atoms with van der Waals surface area (Å²) in [5.41, 5.74) is 3.76. The molecule has 0 aromatic heterocycles. The maximum absolute atomic E-state index is 4.67. The summed E-state index contributed by atoms with van der Waals surface area (Å²) in [6.07, 6.45) is 5.54. The van der Waals surface area contributed by atoms with E-state index in [1.807, 2.05) is 12.1 Å². The smallest absolute Gasteiger partial charge is 0.0459 e. The van der Waals surface area contributed by atoms with E-state index in [-0.39, 0.29) is 0 Å². The minimum Gasteiger partial charge on any atom is -0.288 e. The van der Waals surface area contributed by atoms with Crippen LogP contribution in [0.25, 0.3) is 6.08 Å². The van der Waals surface area contributed by atoms with Gasteiger partial charge in [-0.3, -0.25) is 4.99 Å². The minimum atomic E-state index is 0.537. The summed E-state index contributed by atoms with van der Waals surface area (Å²) in [5, 5.41) is 0. The lowest BCUT2D eigenvalue weighted by Gasteiger charge is -2.02. The zero-order valence-electron chi connectivity index (χ0n) is 10.9. The second-order valence-corrected chi connectivity index (χ2v) is 4.89. The highest BCUT2D eigenvalue weighted by Gasteiger charge is 2.16. The first-order valence-corrected chi connectivity index (χ1v) is 6.74. The Morgan fingerprint density at radius 1 is 0.895 bits per heavy atom. The average Bonchev–Trinajstić information content (AvgIpc) is 2.96. The Labute approximate surface area is 114 Å². The Hall–Kier alpha value is -2.15. The van der Waals surface area contributed by atoms with Gasteiger partial charge in [0.1, 0.15) is 0 Å². The predicted molar refractivity (Wildman–Crippen MR) is 81.4 cm³/mol. The van der Waals surface area contributed by atoms with E-state index < -0.39 is 0 Å². The van der Waals surface area contributed by atoms with Crippen LogP contribution in [0, 0.1) is 5.92 Å². The predicted octanol–water partition coefficient (Wildman–Crippen LogP) is 4.21.